The summed E-state index contributed by atoms with van der Waals surface area (Å²) >= 11 is 5.84. The topological polar surface area (TPSA) is 81.9 Å². The van der Waals surface area contributed by atoms with Gasteiger partial charge in [0.15, 0.2) is 11.0 Å². The molecule has 0 unspecified atom stereocenters. The number of fused-ring (bicyclic) bond motifs is 1. The molecule has 28 heavy (non-hydrogen) atoms. The minimum Gasteiger partial charge on any atom is -0.491 e. The normalized spacial score (nSPS) is 16.0. The molecular weight excluding hydrogens is 378 g/mol. The fraction of sp³-hybridized carbons (Fsp3) is 0.300. The highest BCUT2D eigenvalue weighted by molar-refractivity contribution is 6.29. The molecule has 1 amide bonds. The van der Waals surface area contributed by atoms with E-state index in [1.807, 2.05) is 45.0 Å². The van der Waals surface area contributed by atoms with Gasteiger partial charge in [-0.3, -0.25) is 4.79 Å². The summed E-state index contributed by atoms with van der Waals surface area (Å²) in [5.74, 6) is 1.70. The van der Waals surface area contributed by atoms with Crippen LogP contribution in [0, 0.1) is 6.92 Å². The molecule has 3 heterocycles. The molecule has 1 aliphatic heterocycles. The zero-order chi connectivity index (χ0) is 19.8. The maximum Gasteiger partial charge on any atom is 0.226 e. The van der Waals surface area contributed by atoms with Crippen molar-refractivity contribution in [1.29, 1.82) is 0 Å². The lowest BCUT2D eigenvalue weighted by atomic mass is 9.86. The molecule has 4 rings (SSSR count). The molecule has 7 nitrogen and oxygen atoms in total. The Morgan fingerprint density at radius 2 is 2.07 bits per heavy atom. The minimum atomic E-state index is -0.117. The molecule has 1 aliphatic rings. The lowest BCUT2D eigenvalue weighted by Gasteiger charge is -2.24. The Morgan fingerprint density at radius 3 is 2.79 bits per heavy atom. The number of ether oxygens (including phenoxy) is 1. The van der Waals surface area contributed by atoms with Crippen molar-refractivity contribution in [1.82, 2.24) is 20.0 Å². The van der Waals surface area contributed by atoms with Crippen LogP contribution in [0.5, 0.6) is 5.75 Å². The van der Waals surface area contributed by atoms with Crippen molar-refractivity contribution in [2.75, 3.05) is 5.32 Å². The van der Waals surface area contributed by atoms with Gasteiger partial charge < -0.3 is 10.1 Å². The van der Waals surface area contributed by atoms with E-state index in [1.54, 1.807) is 16.8 Å². The second-order valence-electron chi connectivity index (χ2n) is 7.02. The predicted octanol–water partition coefficient (Wildman–Crippen LogP) is 3.89. The second kappa shape index (κ2) is 7.24. The highest BCUT2D eigenvalue weighted by Crippen LogP contribution is 2.40. The molecule has 0 aliphatic carbocycles. The van der Waals surface area contributed by atoms with Crippen LogP contribution in [-0.4, -0.2) is 32.0 Å². The largest absolute Gasteiger partial charge is 0.491 e. The average Bonchev–Trinajstić information content (AvgIpc) is 2.98. The summed E-state index contributed by atoms with van der Waals surface area (Å²) in [6.45, 7) is 5.90. The van der Waals surface area contributed by atoms with Gasteiger partial charge in [0, 0.05) is 17.9 Å². The number of nitrogens with zero attached hydrogens (tertiary/aromatic N) is 4. The number of aromatic nitrogens is 4. The Balaban J connectivity index is 1.80. The Bertz CT molecular complexity index is 1030. The van der Waals surface area contributed by atoms with Crippen LogP contribution in [0.25, 0.3) is 5.82 Å². The Morgan fingerprint density at radius 1 is 1.25 bits per heavy atom. The number of carbonyl (C=O) groups excluding carboxylic acids is 1. The van der Waals surface area contributed by atoms with Gasteiger partial charge >= 0.3 is 0 Å². The van der Waals surface area contributed by atoms with Crippen molar-refractivity contribution in [3.8, 4) is 11.6 Å². The van der Waals surface area contributed by atoms with Gasteiger partial charge in [0.2, 0.25) is 5.91 Å². The van der Waals surface area contributed by atoms with Crippen LogP contribution in [0.2, 0.25) is 5.15 Å². The molecule has 0 radical (unpaired) electrons. The molecule has 1 N–H and O–H groups in total. The maximum atomic E-state index is 12.5. The lowest BCUT2D eigenvalue weighted by molar-refractivity contribution is -0.116. The summed E-state index contributed by atoms with van der Waals surface area (Å²) in [6, 6.07) is 11.2. The average molecular weight is 398 g/mol. The second-order valence-corrected chi connectivity index (χ2v) is 7.40. The standard InChI is InChI=1S/C20H20ClN5O2/c1-11(2)28-14-6-4-5-13(9-14)15-10-18(27)22-20-19(15)12(3)25-26(20)17-8-7-16(21)23-24-17/h4-9,11,15H,10H2,1-3H3,(H,22,27)/t15-/m1/s1. The van der Waals surface area contributed by atoms with Crippen LogP contribution in [0.15, 0.2) is 36.4 Å². The molecule has 0 saturated carbocycles. The molecule has 144 valence electrons. The van der Waals surface area contributed by atoms with Gasteiger partial charge in [-0.15, -0.1) is 10.2 Å². The minimum absolute atomic E-state index is 0.0734. The van der Waals surface area contributed by atoms with E-state index >= 15 is 0 Å². The van der Waals surface area contributed by atoms with E-state index in [1.165, 1.54) is 0 Å². The van der Waals surface area contributed by atoms with Gasteiger partial charge in [0.05, 0.1) is 11.8 Å². The molecule has 3 aromatic rings. The summed E-state index contributed by atoms with van der Waals surface area (Å²) in [7, 11) is 0. The van der Waals surface area contributed by atoms with Gasteiger partial charge in [-0.1, -0.05) is 23.7 Å². The first kappa shape index (κ1) is 18.4. The van der Waals surface area contributed by atoms with Crippen LogP contribution in [0.3, 0.4) is 0 Å². The fourth-order valence-corrected chi connectivity index (χ4v) is 3.60. The number of anilines is 1. The quantitative estimate of drug-likeness (QED) is 0.722. The first-order valence-electron chi connectivity index (χ1n) is 9.08. The number of hydrogen-bond acceptors (Lipinski definition) is 5. The molecule has 0 fully saturated rings. The van der Waals surface area contributed by atoms with Crippen LogP contribution >= 0.6 is 11.6 Å². The number of halogens is 1. The fourth-order valence-electron chi connectivity index (χ4n) is 3.50. The third kappa shape index (κ3) is 3.45. The Labute approximate surface area is 167 Å². The monoisotopic (exact) mass is 397 g/mol. The van der Waals surface area contributed by atoms with Crippen molar-refractivity contribution in [2.24, 2.45) is 0 Å². The van der Waals surface area contributed by atoms with Crippen LogP contribution in [0.1, 0.15) is 43.0 Å². The van der Waals surface area contributed by atoms with E-state index < -0.39 is 0 Å². The van der Waals surface area contributed by atoms with Gasteiger partial charge in [-0.05, 0) is 50.6 Å². The van der Waals surface area contributed by atoms with E-state index in [0.717, 1.165) is 22.6 Å². The molecule has 0 spiro atoms. The number of aryl methyl sites for hydroxylation is 1. The van der Waals surface area contributed by atoms with Crippen molar-refractivity contribution in [3.05, 3.63) is 58.4 Å². The number of benzene rings is 1. The Hall–Kier alpha value is -2.93. The van der Waals surface area contributed by atoms with Crippen molar-refractivity contribution in [2.45, 2.75) is 39.2 Å². The van der Waals surface area contributed by atoms with E-state index in [-0.39, 0.29) is 17.9 Å². The summed E-state index contributed by atoms with van der Waals surface area (Å²) in [6.07, 6.45) is 0.421. The molecular formula is C20H20ClN5O2. The maximum absolute atomic E-state index is 12.5. The third-order valence-corrected chi connectivity index (χ3v) is 4.77. The first-order chi connectivity index (χ1) is 13.4. The molecule has 8 heteroatoms. The van der Waals surface area contributed by atoms with Crippen molar-refractivity contribution < 1.29 is 9.53 Å². The zero-order valence-electron chi connectivity index (χ0n) is 15.8. The highest BCUT2D eigenvalue weighted by atomic mass is 35.5. The number of rotatable bonds is 4. The predicted molar refractivity (Wildman–Crippen MR) is 106 cm³/mol. The molecule has 1 atom stereocenters. The first-order valence-corrected chi connectivity index (χ1v) is 9.45. The summed E-state index contributed by atoms with van der Waals surface area (Å²) in [5.41, 5.74) is 2.81. The van der Waals surface area contributed by atoms with Crippen LogP contribution in [0.4, 0.5) is 5.82 Å². The molecule has 2 aromatic heterocycles. The smallest absolute Gasteiger partial charge is 0.226 e. The highest BCUT2D eigenvalue weighted by Gasteiger charge is 2.33. The zero-order valence-corrected chi connectivity index (χ0v) is 16.6. The Kier molecular flexibility index (Phi) is 4.77. The van der Waals surface area contributed by atoms with E-state index in [4.69, 9.17) is 16.3 Å². The van der Waals surface area contributed by atoms with Gasteiger partial charge in [0.25, 0.3) is 0 Å². The van der Waals surface area contributed by atoms with Crippen molar-refractivity contribution >= 4 is 23.3 Å². The molecule has 1 aromatic carbocycles. The summed E-state index contributed by atoms with van der Waals surface area (Å²) < 4.78 is 7.43. The lowest BCUT2D eigenvalue weighted by Crippen LogP contribution is -2.25. The third-order valence-electron chi connectivity index (χ3n) is 4.57. The number of nitrogens with one attached hydrogen (secondary N) is 1. The van der Waals surface area contributed by atoms with Crippen molar-refractivity contribution in [3.63, 3.8) is 0 Å². The summed E-state index contributed by atoms with van der Waals surface area (Å²) in [5, 5.41) is 15.8. The number of carbonyl (C=O) groups is 1. The molecule has 0 bridgehead atoms. The number of hydrogen-bond donors (Lipinski definition) is 1. The summed E-state index contributed by atoms with van der Waals surface area (Å²) in [4.78, 5) is 12.5. The van der Waals surface area contributed by atoms with Crippen LogP contribution in [-0.2, 0) is 4.79 Å². The van der Waals surface area contributed by atoms with Gasteiger partial charge in [-0.25, -0.2) is 0 Å². The van der Waals surface area contributed by atoms with E-state index in [2.05, 4.69) is 20.6 Å². The number of amides is 1. The SMILES string of the molecule is Cc1nn(-c2ccc(Cl)nn2)c2c1[C@@H](c1cccc(OC(C)C)c1)CC(=O)N2. The molecule has 0 saturated heterocycles. The van der Waals surface area contributed by atoms with E-state index in [0.29, 0.717) is 23.2 Å². The van der Waals surface area contributed by atoms with E-state index in [9.17, 15) is 4.79 Å². The van der Waals surface area contributed by atoms with Gasteiger partial charge in [0.1, 0.15) is 11.6 Å². The van der Waals surface area contributed by atoms with Crippen LogP contribution < -0.4 is 10.1 Å². The van der Waals surface area contributed by atoms with Gasteiger partial charge in [-0.2, -0.15) is 9.78 Å².